The van der Waals surface area contributed by atoms with E-state index in [1.165, 1.54) is 22.0 Å². The van der Waals surface area contributed by atoms with Gasteiger partial charge in [-0.2, -0.15) is 23.0 Å². The number of anilines is 1. The van der Waals surface area contributed by atoms with Crippen molar-refractivity contribution in [1.29, 1.82) is 0 Å². The second-order valence-corrected chi connectivity index (χ2v) is 6.49. The number of carbonyl (C=O) groups excluding carboxylic acids is 1. The van der Waals surface area contributed by atoms with Gasteiger partial charge in [0.05, 0.1) is 11.6 Å². The minimum atomic E-state index is -4.47. The molecule has 11 heteroatoms. The quantitative estimate of drug-likeness (QED) is 0.727. The van der Waals surface area contributed by atoms with Crippen molar-refractivity contribution in [2.45, 2.75) is 25.6 Å². The van der Waals surface area contributed by atoms with Crippen molar-refractivity contribution in [2.75, 3.05) is 11.4 Å². The van der Waals surface area contributed by atoms with E-state index in [2.05, 4.69) is 25.4 Å². The molecule has 3 heterocycles. The molecule has 150 valence electrons. The Kier molecular flexibility index (Phi) is 4.65. The normalized spacial score (nSPS) is 14.6. The van der Waals surface area contributed by atoms with E-state index in [1.54, 1.807) is 25.4 Å². The van der Waals surface area contributed by atoms with Crippen LogP contribution in [0.5, 0.6) is 0 Å². The third-order valence-corrected chi connectivity index (χ3v) is 4.60. The number of fused-ring (bicyclic) bond motifs is 1. The smallest absolute Gasteiger partial charge is 0.328 e. The minimum absolute atomic E-state index is 0.261. The summed E-state index contributed by atoms with van der Waals surface area (Å²) < 4.78 is 40.5. The number of rotatable bonds is 3. The molecule has 0 aliphatic carbocycles. The number of hydrogen-bond donors (Lipinski definition) is 1. The van der Waals surface area contributed by atoms with Gasteiger partial charge in [0.15, 0.2) is 5.82 Å². The van der Waals surface area contributed by atoms with Gasteiger partial charge in [0, 0.05) is 24.6 Å². The average Bonchev–Trinajstić information content (AvgIpc) is 3.34. The van der Waals surface area contributed by atoms with E-state index in [9.17, 15) is 18.0 Å². The molecular weight excluding hydrogens is 387 g/mol. The van der Waals surface area contributed by atoms with E-state index in [4.69, 9.17) is 0 Å². The highest BCUT2D eigenvalue weighted by molar-refractivity contribution is 5.94. The summed E-state index contributed by atoms with van der Waals surface area (Å²) in [6.45, 7) is 1.99. The second kappa shape index (κ2) is 7.15. The van der Waals surface area contributed by atoms with E-state index < -0.39 is 23.8 Å². The molecule has 29 heavy (non-hydrogen) atoms. The maximum absolute atomic E-state index is 13.0. The highest BCUT2D eigenvalue weighted by Gasteiger charge is 2.34. The molecule has 0 spiro atoms. The van der Waals surface area contributed by atoms with Gasteiger partial charge in [-0.25, -0.2) is 19.7 Å². The molecule has 1 aromatic carbocycles. The summed E-state index contributed by atoms with van der Waals surface area (Å²) in [7, 11) is 0. The highest BCUT2D eigenvalue weighted by Crippen LogP contribution is 2.36. The fourth-order valence-corrected chi connectivity index (χ4v) is 3.19. The molecule has 2 aromatic heterocycles. The summed E-state index contributed by atoms with van der Waals surface area (Å²) in [5, 5.41) is 6.84. The van der Waals surface area contributed by atoms with Crippen LogP contribution in [0.4, 0.5) is 23.7 Å². The Morgan fingerprint density at radius 2 is 1.97 bits per heavy atom. The van der Waals surface area contributed by atoms with Gasteiger partial charge in [-0.3, -0.25) is 4.90 Å². The third-order valence-electron chi connectivity index (χ3n) is 4.60. The van der Waals surface area contributed by atoms with Crippen molar-refractivity contribution in [3.63, 3.8) is 0 Å². The fourth-order valence-electron chi connectivity index (χ4n) is 3.19. The van der Waals surface area contributed by atoms with Gasteiger partial charge in [0.2, 0.25) is 0 Å². The zero-order chi connectivity index (χ0) is 20.6. The standard InChI is InChI=1S/C18H16F3N7O/c1-11(15-24-10-25-28(15)16-22-6-2-7-23-16)26-17(29)27-8-5-12-3-4-13(9-14(12)27)18(19,20)21/h2-4,6-7,9-11H,5,8H2,1H3,(H,26,29)/t11-/m0/s1. The molecule has 1 aliphatic heterocycles. The first-order valence-corrected chi connectivity index (χ1v) is 8.80. The van der Waals surface area contributed by atoms with Crippen LogP contribution in [-0.2, 0) is 12.6 Å². The summed E-state index contributed by atoms with van der Waals surface area (Å²) in [4.78, 5) is 26.4. The first kappa shape index (κ1) is 18.8. The molecule has 8 nitrogen and oxygen atoms in total. The SMILES string of the molecule is C[C@H](NC(=O)N1CCc2ccc(C(F)(F)F)cc21)c1ncnn1-c1ncccn1. The summed E-state index contributed by atoms with van der Waals surface area (Å²) in [6.07, 6.45) is 0.435. The molecule has 0 bridgehead atoms. The van der Waals surface area contributed by atoms with Crippen LogP contribution < -0.4 is 10.2 Å². The number of nitrogens with zero attached hydrogens (tertiary/aromatic N) is 6. The largest absolute Gasteiger partial charge is 0.416 e. The molecule has 0 saturated carbocycles. The monoisotopic (exact) mass is 403 g/mol. The Bertz CT molecular complexity index is 1040. The van der Waals surface area contributed by atoms with Gasteiger partial charge in [0.25, 0.3) is 5.95 Å². The molecule has 4 rings (SSSR count). The van der Waals surface area contributed by atoms with Crippen LogP contribution in [0.2, 0.25) is 0 Å². The summed E-state index contributed by atoms with van der Waals surface area (Å²) in [6, 6.07) is 4.02. The number of alkyl halides is 3. The van der Waals surface area contributed by atoms with Crippen LogP contribution in [0.15, 0.2) is 43.0 Å². The first-order chi connectivity index (χ1) is 13.8. The Morgan fingerprint density at radius 3 is 2.69 bits per heavy atom. The Balaban J connectivity index is 1.54. The third kappa shape index (κ3) is 3.62. The molecule has 0 unspecified atom stereocenters. The molecular formula is C18H16F3N7O. The number of hydrogen-bond acceptors (Lipinski definition) is 5. The maximum Gasteiger partial charge on any atom is 0.416 e. The maximum atomic E-state index is 13.0. The molecule has 0 radical (unpaired) electrons. The number of amides is 2. The number of carbonyl (C=O) groups is 1. The number of halogens is 3. The molecule has 3 aromatic rings. The molecule has 1 aliphatic rings. The van der Waals surface area contributed by atoms with Crippen molar-refractivity contribution in [2.24, 2.45) is 0 Å². The van der Waals surface area contributed by atoms with Crippen molar-refractivity contribution < 1.29 is 18.0 Å². The van der Waals surface area contributed by atoms with Crippen LogP contribution >= 0.6 is 0 Å². The predicted molar refractivity (Wildman–Crippen MR) is 96.4 cm³/mol. The van der Waals surface area contributed by atoms with E-state index in [-0.39, 0.29) is 5.69 Å². The second-order valence-electron chi connectivity index (χ2n) is 6.49. The molecule has 1 atom stereocenters. The van der Waals surface area contributed by atoms with Crippen molar-refractivity contribution in [3.8, 4) is 5.95 Å². The molecule has 2 amide bonds. The van der Waals surface area contributed by atoms with Gasteiger partial charge < -0.3 is 5.32 Å². The lowest BCUT2D eigenvalue weighted by Crippen LogP contribution is -2.41. The lowest BCUT2D eigenvalue weighted by molar-refractivity contribution is -0.137. The van der Waals surface area contributed by atoms with Gasteiger partial charge in [-0.15, -0.1) is 0 Å². The summed E-state index contributed by atoms with van der Waals surface area (Å²) in [5.41, 5.74) is 0.170. The summed E-state index contributed by atoms with van der Waals surface area (Å²) in [5.74, 6) is 0.690. The first-order valence-electron chi connectivity index (χ1n) is 8.80. The predicted octanol–water partition coefficient (Wildman–Crippen LogP) is 2.91. The molecule has 0 saturated heterocycles. The van der Waals surface area contributed by atoms with Crippen LogP contribution in [0.1, 0.15) is 29.9 Å². The van der Waals surface area contributed by atoms with Gasteiger partial charge in [0.1, 0.15) is 6.33 Å². The van der Waals surface area contributed by atoms with E-state index in [1.807, 2.05) is 0 Å². The highest BCUT2D eigenvalue weighted by atomic mass is 19.4. The minimum Gasteiger partial charge on any atom is -0.328 e. The zero-order valence-electron chi connectivity index (χ0n) is 15.3. The van der Waals surface area contributed by atoms with Crippen LogP contribution in [0.3, 0.4) is 0 Å². The lowest BCUT2D eigenvalue weighted by Gasteiger charge is -2.22. The Morgan fingerprint density at radius 1 is 1.21 bits per heavy atom. The van der Waals surface area contributed by atoms with Crippen molar-refractivity contribution >= 4 is 11.7 Å². The number of benzene rings is 1. The van der Waals surface area contributed by atoms with Gasteiger partial charge >= 0.3 is 12.2 Å². The van der Waals surface area contributed by atoms with Crippen LogP contribution in [0.25, 0.3) is 5.95 Å². The molecule has 1 N–H and O–H groups in total. The van der Waals surface area contributed by atoms with Crippen molar-refractivity contribution in [3.05, 3.63) is 59.9 Å². The average molecular weight is 403 g/mol. The van der Waals surface area contributed by atoms with Crippen LogP contribution in [0, 0.1) is 0 Å². The van der Waals surface area contributed by atoms with Gasteiger partial charge in [-0.05, 0) is 37.1 Å². The van der Waals surface area contributed by atoms with E-state index >= 15 is 0 Å². The van der Waals surface area contributed by atoms with Crippen LogP contribution in [-0.4, -0.2) is 37.3 Å². The topological polar surface area (TPSA) is 88.8 Å². The van der Waals surface area contributed by atoms with E-state index in [0.717, 1.165) is 12.1 Å². The lowest BCUT2D eigenvalue weighted by atomic mass is 10.1. The summed E-state index contributed by atoms with van der Waals surface area (Å²) >= 11 is 0. The zero-order valence-corrected chi connectivity index (χ0v) is 15.3. The van der Waals surface area contributed by atoms with Gasteiger partial charge in [-0.1, -0.05) is 6.07 Å². The molecule has 0 fully saturated rings. The fraction of sp³-hybridized carbons (Fsp3) is 0.278. The number of nitrogens with one attached hydrogen (secondary N) is 1. The van der Waals surface area contributed by atoms with Crippen molar-refractivity contribution in [1.82, 2.24) is 30.0 Å². The number of urea groups is 1. The Labute approximate surface area is 163 Å². The van der Waals surface area contributed by atoms with E-state index in [0.29, 0.717) is 30.3 Å². The number of aromatic nitrogens is 5. The Hall–Kier alpha value is -3.50.